The van der Waals surface area contributed by atoms with Crippen LogP contribution in [0.4, 0.5) is 0 Å². The summed E-state index contributed by atoms with van der Waals surface area (Å²) in [5.41, 5.74) is 3.79. The van der Waals surface area contributed by atoms with Crippen molar-refractivity contribution in [2.45, 2.75) is 20.0 Å². The Hall–Kier alpha value is -1.51. The van der Waals surface area contributed by atoms with Crippen LogP contribution in [0.3, 0.4) is 0 Å². The van der Waals surface area contributed by atoms with Crippen LogP contribution >= 0.6 is 11.6 Å². The van der Waals surface area contributed by atoms with Gasteiger partial charge in [0.25, 0.3) is 0 Å². The summed E-state index contributed by atoms with van der Waals surface area (Å²) in [7, 11) is 1.59. The summed E-state index contributed by atoms with van der Waals surface area (Å²) < 4.78 is 5.11. The molecule has 0 bridgehead atoms. The van der Waals surface area contributed by atoms with Crippen LogP contribution in [0.5, 0.6) is 5.75 Å². The van der Waals surface area contributed by atoms with Crippen LogP contribution in [0.1, 0.15) is 28.4 Å². The van der Waals surface area contributed by atoms with Crippen molar-refractivity contribution in [1.29, 1.82) is 0 Å². The normalized spacial score (nSPS) is 12.3. The fraction of sp³-hybridized carbons (Fsp3) is 0.250. The second-order valence-electron chi connectivity index (χ2n) is 4.71. The number of rotatable bonds is 3. The van der Waals surface area contributed by atoms with Gasteiger partial charge in [0, 0.05) is 5.56 Å². The van der Waals surface area contributed by atoms with Crippen molar-refractivity contribution in [2.75, 3.05) is 7.11 Å². The Morgan fingerprint density at radius 3 is 2.21 bits per heavy atom. The van der Waals surface area contributed by atoms with Crippen molar-refractivity contribution in [3.63, 3.8) is 0 Å². The lowest BCUT2D eigenvalue weighted by atomic mass is 9.98. The van der Waals surface area contributed by atoms with E-state index in [-0.39, 0.29) is 0 Å². The highest BCUT2D eigenvalue weighted by Gasteiger charge is 2.15. The van der Waals surface area contributed by atoms with Gasteiger partial charge >= 0.3 is 0 Å². The predicted octanol–water partition coefficient (Wildman–Crippen LogP) is 4.05. The molecule has 0 aliphatic heterocycles. The van der Waals surface area contributed by atoms with E-state index in [1.54, 1.807) is 25.3 Å². The molecule has 0 amide bonds. The van der Waals surface area contributed by atoms with Gasteiger partial charge in [-0.1, -0.05) is 47.0 Å². The maximum Gasteiger partial charge on any atom is 0.120 e. The van der Waals surface area contributed by atoms with Crippen molar-refractivity contribution in [3.05, 3.63) is 63.7 Å². The zero-order valence-corrected chi connectivity index (χ0v) is 12.0. The van der Waals surface area contributed by atoms with Crippen LogP contribution in [0.2, 0.25) is 5.02 Å². The van der Waals surface area contributed by atoms with E-state index in [4.69, 9.17) is 16.3 Å². The molecule has 3 heteroatoms. The average Bonchev–Trinajstić information content (AvgIpc) is 2.36. The third-order valence-corrected chi connectivity index (χ3v) is 3.39. The van der Waals surface area contributed by atoms with Gasteiger partial charge in [0.15, 0.2) is 0 Å². The number of halogens is 1. The average molecular weight is 277 g/mol. The Morgan fingerprint density at radius 1 is 1.05 bits per heavy atom. The van der Waals surface area contributed by atoms with Gasteiger partial charge in [-0.3, -0.25) is 0 Å². The van der Waals surface area contributed by atoms with Crippen molar-refractivity contribution in [1.82, 2.24) is 0 Å². The smallest absolute Gasteiger partial charge is 0.120 e. The first-order chi connectivity index (χ1) is 9.01. The summed E-state index contributed by atoms with van der Waals surface area (Å²) >= 11 is 6.19. The first kappa shape index (κ1) is 13.9. The molecule has 0 aromatic heterocycles. The Kier molecular flexibility index (Phi) is 4.13. The quantitative estimate of drug-likeness (QED) is 0.916. The molecule has 1 N–H and O–H groups in total. The summed E-state index contributed by atoms with van der Waals surface area (Å²) in [4.78, 5) is 0. The van der Waals surface area contributed by atoms with Gasteiger partial charge in [-0.25, -0.2) is 0 Å². The third-order valence-electron chi connectivity index (χ3n) is 3.06. The molecule has 0 spiro atoms. The molecule has 0 fully saturated rings. The lowest BCUT2D eigenvalue weighted by Gasteiger charge is -2.15. The number of ether oxygens (including phenoxy) is 1. The van der Waals surface area contributed by atoms with E-state index in [1.165, 1.54) is 0 Å². The zero-order chi connectivity index (χ0) is 14.0. The fourth-order valence-electron chi connectivity index (χ4n) is 2.20. The molecule has 0 radical (unpaired) electrons. The summed E-state index contributed by atoms with van der Waals surface area (Å²) in [6.45, 7) is 4.03. The summed E-state index contributed by atoms with van der Waals surface area (Å²) in [5, 5.41) is 11.0. The van der Waals surface area contributed by atoms with Crippen molar-refractivity contribution >= 4 is 11.6 Å². The van der Waals surface area contributed by atoms with Crippen LogP contribution in [0.25, 0.3) is 0 Å². The molecule has 0 saturated carbocycles. The van der Waals surface area contributed by atoms with Gasteiger partial charge in [0.2, 0.25) is 0 Å². The van der Waals surface area contributed by atoms with E-state index in [9.17, 15) is 5.11 Å². The van der Waals surface area contributed by atoms with Crippen LogP contribution in [-0.4, -0.2) is 12.2 Å². The predicted molar refractivity (Wildman–Crippen MR) is 78.0 cm³/mol. The topological polar surface area (TPSA) is 29.5 Å². The highest BCUT2D eigenvalue weighted by molar-refractivity contribution is 6.31. The molecule has 100 valence electrons. The highest BCUT2D eigenvalue weighted by atomic mass is 35.5. The minimum Gasteiger partial charge on any atom is -0.497 e. The molecule has 2 nitrogen and oxygen atoms in total. The second-order valence-corrected chi connectivity index (χ2v) is 5.12. The van der Waals surface area contributed by atoms with Gasteiger partial charge in [-0.15, -0.1) is 0 Å². The number of hydrogen-bond acceptors (Lipinski definition) is 2. The summed E-state index contributed by atoms with van der Waals surface area (Å²) in [6.07, 6.45) is -0.725. The van der Waals surface area contributed by atoms with Gasteiger partial charge < -0.3 is 9.84 Å². The third kappa shape index (κ3) is 3.09. The number of hydrogen-bond donors (Lipinski definition) is 1. The molecule has 0 saturated heterocycles. The van der Waals surface area contributed by atoms with Crippen molar-refractivity contribution in [3.8, 4) is 5.75 Å². The SMILES string of the molecule is COc1ccc(C(O)c2cc(C)cc(C)c2)c(Cl)c1. The van der Waals surface area contributed by atoms with E-state index in [1.807, 2.05) is 26.0 Å². The second kappa shape index (κ2) is 5.64. The van der Waals surface area contributed by atoms with E-state index in [0.717, 1.165) is 16.7 Å². The molecular weight excluding hydrogens is 260 g/mol. The Labute approximate surface area is 118 Å². The number of aliphatic hydroxyl groups is 1. The first-order valence-electron chi connectivity index (χ1n) is 6.11. The lowest BCUT2D eigenvalue weighted by Crippen LogP contribution is -2.02. The zero-order valence-electron chi connectivity index (χ0n) is 11.3. The molecule has 0 heterocycles. The van der Waals surface area contributed by atoms with Gasteiger partial charge in [0.05, 0.1) is 12.1 Å². The minimum atomic E-state index is -0.725. The highest BCUT2D eigenvalue weighted by Crippen LogP contribution is 2.31. The molecule has 0 aliphatic rings. The summed E-state index contributed by atoms with van der Waals surface area (Å²) in [6, 6.07) is 11.3. The first-order valence-corrected chi connectivity index (χ1v) is 6.48. The van der Waals surface area contributed by atoms with Crippen molar-refractivity contribution < 1.29 is 9.84 Å². The maximum absolute atomic E-state index is 10.5. The molecule has 2 aromatic rings. The number of methoxy groups -OCH3 is 1. The molecule has 2 aromatic carbocycles. The molecule has 1 unspecified atom stereocenters. The monoisotopic (exact) mass is 276 g/mol. The molecule has 19 heavy (non-hydrogen) atoms. The van der Waals surface area contributed by atoms with Crippen molar-refractivity contribution in [2.24, 2.45) is 0 Å². The van der Waals surface area contributed by atoms with Gasteiger partial charge in [0.1, 0.15) is 11.9 Å². The maximum atomic E-state index is 10.5. The standard InChI is InChI=1S/C16H17ClO2/c1-10-6-11(2)8-12(7-10)16(18)14-5-4-13(19-3)9-15(14)17/h4-9,16,18H,1-3H3. The van der Waals surface area contributed by atoms with Crippen LogP contribution in [0.15, 0.2) is 36.4 Å². The Morgan fingerprint density at radius 2 is 1.68 bits per heavy atom. The van der Waals surface area contributed by atoms with E-state index < -0.39 is 6.10 Å². The van der Waals surface area contributed by atoms with Gasteiger partial charge in [-0.2, -0.15) is 0 Å². The van der Waals surface area contributed by atoms with E-state index >= 15 is 0 Å². The van der Waals surface area contributed by atoms with Gasteiger partial charge in [-0.05, 0) is 31.5 Å². The lowest BCUT2D eigenvalue weighted by molar-refractivity contribution is 0.220. The number of aryl methyl sites for hydroxylation is 2. The van der Waals surface area contributed by atoms with Crippen LogP contribution in [0, 0.1) is 13.8 Å². The van der Waals surface area contributed by atoms with Crippen LogP contribution in [-0.2, 0) is 0 Å². The van der Waals surface area contributed by atoms with E-state index in [2.05, 4.69) is 6.07 Å². The van der Waals surface area contributed by atoms with Crippen LogP contribution < -0.4 is 4.74 Å². The molecular formula is C16H17ClO2. The molecule has 0 aliphatic carbocycles. The van der Waals surface area contributed by atoms with E-state index in [0.29, 0.717) is 16.3 Å². The molecule has 1 atom stereocenters. The Balaban J connectivity index is 2.40. The minimum absolute atomic E-state index is 0.506. The fourth-order valence-corrected chi connectivity index (χ4v) is 2.48. The Bertz CT molecular complexity index is 573. The largest absolute Gasteiger partial charge is 0.497 e. The number of aliphatic hydroxyl groups excluding tert-OH is 1. The molecule has 2 rings (SSSR count). The number of benzene rings is 2. The summed E-state index contributed by atoms with van der Waals surface area (Å²) in [5.74, 6) is 0.682.